The van der Waals surface area contributed by atoms with E-state index < -0.39 is 12.1 Å². The van der Waals surface area contributed by atoms with E-state index in [1.807, 2.05) is 20.8 Å². The molecular formula is C23H24F3NO2. The minimum atomic E-state index is -4.39. The molecule has 3 rings (SSSR count). The third kappa shape index (κ3) is 5.40. The molecule has 1 N–H and O–H groups in total. The first-order chi connectivity index (χ1) is 13.6. The Bertz CT molecular complexity index is 890. The Morgan fingerprint density at radius 1 is 1.10 bits per heavy atom. The molecule has 0 bridgehead atoms. The molecule has 0 heterocycles. The summed E-state index contributed by atoms with van der Waals surface area (Å²) in [5.41, 5.74) is 5.92. The lowest BCUT2D eigenvalue weighted by molar-refractivity contribution is -0.139. The predicted molar refractivity (Wildman–Crippen MR) is 106 cm³/mol. The van der Waals surface area contributed by atoms with Gasteiger partial charge in [-0.05, 0) is 73.6 Å². The molecule has 0 aliphatic heterocycles. The van der Waals surface area contributed by atoms with Crippen molar-refractivity contribution in [1.82, 2.24) is 5.48 Å². The SMILES string of the molecule is Cc1cc(C(/C=C/c2ccc(ONC(=O)C3CC3)cc2)C(F)(F)F)cc(C)c1C. The normalized spacial score (nSPS) is 15.4. The number of alkyl halides is 3. The molecule has 1 fully saturated rings. The topological polar surface area (TPSA) is 38.3 Å². The second-order valence-corrected chi connectivity index (χ2v) is 7.57. The van der Waals surface area contributed by atoms with Crippen molar-refractivity contribution < 1.29 is 22.8 Å². The van der Waals surface area contributed by atoms with Crippen LogP contribution >= 0.6 is 0 Å². The molecule has 0 radical (unpaired) electrons. The number of nitrogens with one attached hydrogen (secondary N) is 1. The number of halogens is 3. The Labute approximate surface area is 168 Å². The molecule has 1 aliphatic carbocycles. The fourth-order valence-corrected chi connectivity index (χ4v) is 3.05. The van der Waals surface area contributed by atoms with Gasteiger partial charge in [0.2, 0.25) is 0 Å². The second kappa shape index (κ2) is 8.31. The number of hydroxylamine groups is 1. The molecule has 154 valence electrons. The number of aryl methyl sites for hydroxylation is 2. The van der Waals surface area contributed by atoms with Gasteiger partial charge in [-0.1, -0.05) is 36.4 Å². The van der Waals surface area contributed by atoms with E-state index in [0.717, 1.165) is 29.5 Å². The Balaban J connectivity index is 1.73. The van der Waals surface area contributed by atoms with Gasteiger partial charge in [-0.3, -0.25) is 4.79 Å². The van der Waals surface area contributed by atoms with Gasteiger partial charge in [0, 0.05) is 5.92 Å². The van der Waals surface area contributed by atoms with Crippen molar-refractivity contribution in [3.05, 3.63) is 70.3 Å². The van der Waals surface area contributed by atoms with Crippen LogP contribution in [0.1, 0.15) is 46.6 Å². The average molecular weight is 403 g/mol. The fourth-order valence-electron chi connectivity index (χ4n) is 3.05. The van der Waals surface area contributed by atoms with Crippen LogP contribution in [-0.4, -0.2) is 12.1 Å². The maximum atomic E-state index is 13.7. The van der Waals surface area contributed by atoms with Crippen LogP contribution in [0.25, 0.3) is 6.08 Å². The van der Waals surface area contributed by atoms with Crippen LogP contribution in [0.15, 0.2) is 42.5 Å². The molecule has 3 nitrogen and oxygen atoms in total. The molecule has 1 unspecified atom stereocenters. The van der Waals surface area contributed by atoms with Gasteiger partial charge in [-0.15, -0.1) is 0 Å². The number of carbonyl (C=O) groups is 1. The molecular weight excluding hydrogens is 379 g/mol. The highest BCUT2D eigenvalue weighted by Crippen LogP contribution is 2.37. The predicted octanol–water partition coefficient (Wildman–Crippen LogP) is 5.79. The van der Waals surface area contributed by atoms with Gasteiger partial charge in [-0.25, -0.2) is 0 Å². The van der Waals surface area contributed by atoms with E-state index >= 15 is 0 Å². The summed E-state index contributed by atoms with van der Waals surface area (Å²) in [6.07, 6.45) is -0.0110. The minimum Gasteiger partial charge on any atom is -0.380 e. The van der Waals surface area contributed by atoms with Crippen molar-refractivity contribution in [2.45, 2.75) is 45.7 Å². The number of benzene rings is 2. The van der Waals surface area contributed by atoms with Crippen LogP contribution < -0.4 is 10.3 Å². The quantitative estimate of drug-likeness (QED) is 0.620. The van der Waals surface area contributed by atoms with Gasteiger partial charge in [-0.2, -0.15) is 18.7 Å². The third-order valence-electron chi connectivity index (χ3n) is 5.24. The molecule has 1 aliphatic rings. The van der Waals surface area contributed by atoms with Crippen LogP contribution in [0, 0.1) is 26.7 Å². The number of hydrogen-bond acceptors (Lipinski definition) is 2. The van der Waals surface area contributed by atoms with Crippen LogP contribution in [-0.2, 0) is 4.79 Å². The number of rotatable bonds is 6. The number of amides is 1. The zero-order valence-electron chi connectivity index (χ0n) is 16.6. The number of carbonyl (C=O) groups excluding carboxylic acids is 1. The molecule has 1 atom stereocenters. The monoisotopic (exact) mass is 403 g/mol. The molecule has 0 spiro atoms. The summed E-state index contributed by atoms with van der Waals surface area (Å²) in [6.45, 7) is 5.55. The number of hydrogen-bond donors (Lipinski definition) is 1. The van der Waals surface area contributed by atoms with Gasteiger partial charge in [0.25, 0.3) is 5.91 Å². The summed E-state index contributed by atoms with van der Waals surface area (Å²) >= 11 is 0. The Morgan fingerprint density at radius 2 is 1.69 bits per heavy atom. The Morgan fingerprint density at radius 3 is 2.21 bits per heavy atom. The smallest absolute Gasteiger partial charge is 0.380 e. The molecule has 6 heteroatoms. The fraction of sp³-hybridized carbons (Fsp3) is 0.348. The molecule has 0 aromatic heterocycles. The van der Waals surface area contributed by atoms with Gasteiger partial charge in [0.1, 0.15) is 0 Å². The van der Waals surface area contributed by atoms with Crippen LogP contribution in [0.5, 0.6) is 5.75 Å². The largest absolute Gasteiger partial charge is 0.399 e. The highest BCUT2D eigenvalue weighted by atomic mass is 19.4. The average Bonchev–Trinajstić information content (AvgIpc) is 3.49. The number of allylic oxidation sites excluding steroid dienone is 1. The van der Waals surface area contributed by atoms with Gasteiger partial charge >= 0.3 is 6.18 Å². The second-order valence-electron chi connectivity index (χ2n) is 7.57. The highest BCUT2D eigenvalue weighted by molar-refractivity contribution is 5.80. The van der Waals surface area contributed by atoms with Crippen LogP contribution in [0.4, 0.5) is 13.2 Å². The molecule has 2 aromatic carbocycles. The van der Waals surface area contributed by atoms with Crippen molar-refractivity contribution in [3.63, 3.8) is 0 Å². The first-order valence-electron chi connectivity index (χ1n) is 9.54. The van der Waals surface area contributed by atoms with Crippen LogP contribution in [0.3, 0.4) is 0 Å². The summed E-state index contributed by atoms with van der Waals surface area (Å²) in [5, 5.41) is 0. The summed E-state index contributed by atoms with van der Waals surface area (Å²) < 4.78 is 41.0. The maximum absolute atomic E-state index is 13.7. The van der Waals surface area contributed by atoms with E-state index in [1.54, 1.807) is 36.4 Å². The first kappa shape index (κ1) is 21.0. The minimum absolute atomic E-state index is 0.0329. The Hall–Kier alpha value is -2.76. The summed E-state index contributed by atoms with van der Waals surface area (Å²) in [5.74, 6) is -1.38. The standard InChI is InChI=1S/C23H24F3NO2/c1-14-12-19(13-15(2)16(14)3)21(23(24,25)26)11-6-17-4-9-20(10-5-17)29-27-22(28)18-7-8-18/h4-6,9-13,18,21H,7-8H2,1-3H3,(H,27,28)/b11-6+. The Kier molecular flexibility index (Phi) is 6.01. The van der Waals surface area contributed by atoms with Gasteiger partial charge < -0.3 is 4.84 Å². The van der Waals surface area contributed by atoms with Crippen molar-refractivity contribution in [2.24, 2.45) is 5.92 Å². The third-order valence-corrected chi connectivity index (χ3v) is 5.24. The first-order valence-corrected chi connectivity index (χ1v) is 9.54. The molecule has 1 saturated carbocycles. The van der Waals surface area contributed by atoms with Gasteiger partial charge in [0.05, 0.1) is 5.92 Å². The van der Waals surface area contributed by atoms with E-state index in [2.05, 4.69) is 5.48 Å². The van der Waals surface area contributed by atoms with E-state index in [9.17, 15) is 18.0 Å². The van der Waals surface area contributed by atoms with E-state index in [-0.39, 0.29) is 17.4 Å². The summed E-state index contributed by atoms with van der Waals surface area (Å²) in [4.78, 5) is 16.8. The zero-order valence-corrected chi connectivity index (χ0v) is 16.6. The van der Waals surface area contributed by atoms with Crippen molar-refractivity contribution in [3.8, 4) is 5.75 Å². The van der Waals surface area contributed by atoms with Crippen molar-refractivity contribution in [2.75, 3.05) is 0 Å². The van der Waals surface area contributed by atoms with E-state index in [4.69, 9.17) is 4.84 Å². The maximum Gasteiger partial charge on any atom is 0.399 e. The molecule has 2 aromatic rings. The highest BCUT2D eigenvalue weighted by Gasteiger charge is 2.39. The van der Waals surface area contributed by atoms with Crippen LogP contribution in [0.2, 0.25) is 0 Å². The van der Waals surface area contributed by atoms with Gasteiger partial charge in [0.15, 0.2) is 5.75 Å². The van der Waals surface area contributed by atoms with E-state index in [0.29, 0.717) is 11.3 Å². The molecule has 0 saturated heterocycles. The van der Waals surface area contributed by atoms with E-state index in [1.165, 1.54) is 12.2 Å². The lowest BCUT2D eigenvalue weighted by atomic mass is 9.91. The van der Waals surface area contributed by atoms with Crippen molar-refractivity contribution in [1.29, 1.82) is 0 Å². The molecule has 1 amide bonds. The molecule has 29 heavy (non-hydrogen) atoms. The van der Waals surface area contributed by atoms with Crippen molar-refractivity contribution >= 4 is 12.0 Å². The zero-order chi connectivity index (χ0) is 21.2. The summed E-state index contributed by atoms with van der Waals surface area (Å²) in [6, 6.07) is 9.71. The lowest BCUT2D eigenvalue weighted by Gasteiger charge is -2.19. The summed E-state index contributed by atoms with van der Waals surface area (Å²) in [7, 11) is 0. The lowest BCUT2D eigenvalue weighted by Crippen LogP contribution is -2.28.